The van der Waals surface area contributed by atoms with Crippen LogP contribution >= 0.6 is 0 Å². The van der Waals surface area contributed by atoms with Crippen LogP contribution in [0.25, 0.3) is 45.3 Å². The van der Waals surface area contributed by atoms with E-state index in [1.165, 1.54) is 44.7 Å². The number of nitrogens with zero attached hydrogens (tertiary/aromatic N) is 4. The lowest BCUT2D eigenvalue weighted by molar-refractivity contribution is 0.661. The van der Waals surface area contributed by atoms with Gasteiger partial charge in [0.15, 0.2) is 17.5 Å². The molecule has 5 aromatic carbocycles. The van der Waals surface area contributed by atoms with Gasteiger partial charge in [0.1, 0.15) is 0 Å². The van der Waals surface area contributed by atoms with Crippen molar-refractivity contribution in [2.24, 2.45) is 0 Å². The van der Waals surface area contributed by atoms with Gasteiger partial charge in [0.05, 0.1) is 17.1 Å². The summed E-state index contributed by atoms with van der Waals surface area (Å²) < 4.78 is 0. The van der Waals surface area contributed by atoms with Gasteiger partial charge in [-0.15, -0.1) is 0 Å². The second kappa shape index (κ2) is 12.2. The molecule has 1 spiro atoms. The third-order valence-electron chi connectivity index (χ3n) is 12.8. The first kappa shape index (κ1) is 31.7. The van der Waals surface area contributed by atoms with Crippen molar-refractivity contribution in [3.63, 3.8) is 0 Å². The van der Waals surface area contributed by atoms with Gasteiger partial charge in [0, 0.05) is 33.9 Å². The van der Waals surface area contributed by atoms with Crippen LogP contribution in [0.15, 0.2) is 181 Å². The second-order valence-electron chi connectivity index (χ2n) is 15.6. The number of benzene rings is 5. The fourth-order valence-electron chi connectivity index (χ4n) is 10.6. The molecule has 0 saturated heterocycles. The van der Waals surface area contributed by atoms with Crippen molar-refractivity contribution in [3.8, 4) is 34.2 Å². The van der Waals surface area contributed by atoms with Crippen molar-refractivity contribution in [2.45, 2.75) is 43.1 Å². The minimum atomic E-state index is -0.235. The smallest absolute Gasteiger partial charge is 0.164 e. The topological polar surface area (TPSA) is 41.9 Å². The van der Waals surface area contributed by atoms with Gasteiger partial charge in [-0.25, -0.2) is 15.0 Å². The first-order valence-corrected chi connectivity index (χ1v) is 20.0. The Morgan fingerprint density at radius 2 is 1.18 bits per heavy atom. The fraction of sp³-hybridized carbons (Fsp3) is 0.135. The number of aromatic nitrogens is 3. The maximum absolute atomic E-state index is 5.12. The number of hydrogen-bond donors (Lipinski definition) is 0. The summed E-state index contributed by atoms with van der Waals surface area (Å²) in [5.74, 6) is 2.24. The highest BCUT2D eigenvalue weighted by Crippen LogP contribution is 2.67. The Morgan fingerprint density at radius 1 is 0.554 bits per heavy atom. The summed E-state index contributed by atoms with van der Waals surface area (Å²) in [7, 11) is 0. The molecule has 0 amide bonds. The largest absolute Gasteiger partial charge is 0.333 e. The molecule has 0 saturated carbocycles. The Bertz CT molecular complexity index is 2760. The van der Waals surface area contributed by atoms with E-state index in [0.29, 0.717) is 17.5 Å². The summed E-state index contributed by atoms with van der Waals surface area (Å²) in [5, 5.41) is 0. The quantitative estimate of drug-likeness (QED) is 0.182. The third kappa shape index (κ3) is 4.38. The number of fused-ring (bicyclic) bond motifs is 12. The first-order valence-electron chi connectivity index (χ1n) is 20.0. The lowest BCUT2D eigenvalue weighted by Crippen LogP contribution is -2.30. The SMILES string of the molecule is C1=CC2c3ccc4c(c3N(c3cccc(-c5nc(-c6ccccc6)nc(-c6ccccc6)n5)c3)C2C=C1)C1=C(CCC=C1)C41C2=C(C=CCC2)c2ccccc21. The van der Waals surface area contributed by atoms with Crippen molar-refractivity contribution in [3.05, 3.63) is 209 Å². The van der Waals surface area contributed by atoms with Crippen LogP contribution in [0.1, 0.15) is 59.4 Å². The van der Waals surface area contributed by atoms with Crippen LogP contribution in [0.3, 0.4) is 0 Å². The van der Waals surface area contributed by atoms with Gasteiger partial charge in [0.2, 0.25) is 0 Å². The summed E-state index contributed by atoms with van der Waals surface area (Å²) >= 11 is 0. The van der Waals surface area contributed by atoms with Gasteiger partial charge in [-0.2, -0.15) is 0 Å². The molecule has 6 aliphatic rings. The van der Waals surface area contributed by atoms with E-state index < -0.39 is 0 Å². The highest BCUT2D eigenvalue weighted by atomic mass is 15.2. The minimum Gasteiger partial charge on any atom is -0.333 e. The van der Waals surface area contributed by atoms with E-state index in [1.54, 1.807) is 11.1 Å². The van der Waals surface area contributed by atoms with Crippen molar-refractivity contribution < 1.29 is 0 Å². The predicted octanol–water partition coefficient (Wildman–Crippen LogP) is 12.1. The Labute approximate surface area is 327 Å². The summed E-state index contributed by atoms with van der Waals surface area (Å²) in [5.41, 5.74) is 18.3. The second-order valence-corrected chi connectivity index (χ2v) is 15.6. The van der Waals surface area contributed by atoms with Crippen LogP contribution in [0, 0.1) is 0 Å². The van der Waals surface area contributed by atoms with Crippen LogP contribution in [0.5, 0.6) is 0 Å². The zero-order valence-electron chi connectivity index (χ0n) is 30.9. The molecule has 6 aromatic rings. The summed E-state index contributed by atoms with van der Waals surface area (Å²) in [6.07, 6.45) is 23.2. The normalized spacial score (nSPS) is 22.0. The maximum atomic E-state index is 5.12. The number of rotatable bonds is 4. The Balaban J connectivity index is 1.08. The predicted molar refractivity (Wildman–Crippen MR) is 227 cm³/mol. The zero-order valence-corrected chi connectivity index (χ0v) is 30.9. The third-order valence-corrected chi connectivity index (χ3v) is 12.8. The molecule has 5 aliphatic carbocycles. The van der Waals surface area contributed by atoms with E-state index in [9.17, 15) is 0 Å². The van der Waals surface area contributed by atoms with Gasteiger partial charge in [0.25, 0.3) is 0 Å². The van der Waals surface area contributed by atoms with E-state index in [0.717, 1.165) is 48.1 Å². The number of allylic oxidation sites excluding steroid dienone is 10. The molecule has 3 unspecified atom stereocenters. The summed E-state index contributed by atoms with van der Waals surface area (Å²) in [6.45, 7) is 0. The van der Waals surface area contributed by atoms with E-state index in [-0.39, 0.29) is 17.4 Å². The van der Waals surface area contributed by atoms with Crippen LogP contribution in [0.2, 0.25) is 0 Å². The van der Waals surface area contributed by atoms with Crippen molar-refractivity contribution >= 4 is 22.5 Å². The molecule has 266 valence electrons. The van der Waals surface area contributed by atoms with Gasteiger partial charge in [-0.1, -0.05) is 158 Å². The minimum absolute atomic E-state index is 0.145. The molecular weight excluding hydrogens is 681 g/mol. The van der Waals surface area contributed by atoms with Gasteiger partial charge >= 0.3 is 0 Å². The molecule has 0 bridgehead atoms. The first-order chi connectivity index (χ1) is 27.8. The van der Waals surface area contributed by atoms with Crippen LogP contribution < -0.4 is 4.90 Å². The number of hydrogen-bond acceptors (Lipinski definition) is 4. The molecule has 2 heterocycles. The van der Waals surface area contributed by atoms with E-state index in [1.807, 2.05) is 36.4 Å². The molecule has 4 heteroatoms. The van der Waals surface area contributed by atoms with E-state index >= 15 is 0 Å². The standard InChI is InChI=1S/C52H38N4/c1-3-16-33(17-4-1)49-53-50(34-18-5-2-6-19-34)55-51(54-49)35-20-15-21-36(32-35)56-46-29-14-10-24-39(46)40-30-31-45-47(48(40)56)41-25-9-13-28-44(41)52(45)42-26-11-7-22-37(42)38-23-8-12-27-43(38)52/h1-11,14-26,29-32,39,46H,12-13,27-28H2. The van der Waals surface area contributed by atoms with Crippen LogP contribution in [-0.4, -0.2) is 21.0 Å². The Morgan fingerprint density at radius 3 is 1.93 bits per heavy atom. The lowest BCUT2D eigenvalue weighted by atomic mass is 9.66. The monoisotopic (exact) mass is 718 g/mol. The summed E-state index contributed by atoms with van der Waals surface area (Å²) in [4.78, 5) is 17.8. The molecule has 12 rings (SSSR count). The van der Waals surface area contributed by atoms with E-state index in [2.05, 4.69) is 138 Å². The Hall–Kier alpha value is -6.65. The highest BCUT2D eigenvalue weighted by Gasteiger charge is 2.55. The molecule has 4 nitrogen and oxygen atoms in total. The molecule has 56 heavy (non-hydrogen) atoms. The molecule has 0 radical (unpaired) electrons. The van der Waals surface area contributed by atoms with Gasteiger partial charge in [-0.05, 0) is 82.4 Å². The average Bonchev–Trinajstić information content (AvgIpc) is 3.89. The maximum Gasteiger partial charge on any atom is 0.164 e. The van der Waals surface area contributed by atoms with Crippen molar-refractivity contribution in [1.82, 2.24) is 15.0 Å². The zero-order chi connectivity index (χ0) is 36.8. The van der Waals surface area contributed by atoms with Gasteiger partial charge in [-0.3, -0.25) is 0 Å². The molecule has 1 aromatic heterocycles. The number of anilines is 2. The summed E-state index contributed by atoms with van der Waals surface area (Å²) in [6, 6.07) is 43.7. The Kier molecular flexibility index (Phi) is 6.89. The molecular formula is C52H38N4. The van der Waals surface area contributed by atoms with E-state index in [4.69, 9.17) is 15.0 Å². The van der Waals surface area contributed by atoms with Crippen molar-refractivity contribution in [2.75, 3.05) is 4.90 Å². The molecule has 1 aliphatic heterocycles. The highest BCUT2D eigenvalue weighted by molar-refractivity contribution is 6.03. The van der Waals surface area contributed by atoms with Crippen LogP contribution in [0.4, 0.5) is 11.4 Å². The fourth-order valence-corrected chi connectivity index (χ4v) is 10.6. The van der Waals surface area contributed by atoms with Crippen LogP contribution in [-0.2, 0) is 5.41 Å². The average molecular weight is 719 g/mol. The molecule has 0 fully saturated rings. The molecule has 0 N–H and O–H groups in total. The molecule has 3 atom stereocenters. The van der Waals surface area contributed by atoms with Crippen molar-refractivity contribution in [1.29, 1.82) is 0 Å². The van der Waals surface area contributed by atoms with Gasteiger partial charge < -0.3 is 4.90 Å². The lowest BCUT2D eigenvalue weighted by Gasteiger charge is -2.36.